The van der Waals surface area contributed by atoms with Crippen molar-refractivity contribution < 1.29 is 0 Å². The van der Waals surface area contributed by atoms with Crippen molar-refractivity contribution in [2.75, 3.05) is 25.6 Å². The van der Waals surface area contributed by atoms with Crippen molar-refractivity contribution >= 4 is 11.8 Å². The minimum absolute atomic E-state index is 0.516. The van der Waals surface area contributed by atoms with Crippen molar-refractivity contribution in [1.82, 2.24) is 9.88 Å². The van der Waals surface area contributed by atoms with Crippen molar-refractivity contribution in [2.45, 2.75) is 13.1 Å². The van der Waals surface area contributed by atoms with Gasteiger partial charge in [-0.2, -0.15) is 11.8 Å². The van der Waals surface area contributed by atoms with E-state index in [1.165, 1.54) is 11.3 Å². The zero-order valence-electron chi connectivity index (χ0n) is 9.44. The Hall–Kier alpha value is -0.580. The predicted octanol–water partition coefficient (Wildman–Crippen LogP) is 1.34. The molecule has 0 aliphatic carbocycles. The third-order valence-electron chi connectivity index (χ3n) is 2.22. The standard InChI is InChI=1S/C11H19N3S/c1-14(5-6-15-2)9-10-3-4-13-11(7-10)8-12/h3-4,7H,5-6,8-9,12H2,1-2H3. The first-order chi connectivity index (χ1) is 7.26. The van der Waals surface area contributed by atoms with E-state index < -0.39 is 0 Å². The van der Waals surface area contributed by atoms with E-state index in [0.29, 0.717) is 6.54 Å². The summed E-state index contributed by atoms with van der Waals surface area (Å²) in [6.07, 6.45) is 3.97. The first-order valence-electron chi connectivity index (χ1n) is 5.07. The molecule has 0 spiro atoms. The van der Waals surface area contributed by atoms with E-state index in [9.17, 15) is 0 Å². The maximum atomic E-state index is 5.55. The molecule has 0 fully saturated rings. The van der Waals surface area contributed by atoms with Crippen LogP contribution in [0.3, 0.4) is 0 Å². The minimum Gasteiger partial charge on any atom is -0.325 e. The summed E-state index contributed by atoms with van der Waals surface area (Å²) in [5.74, 6) is 1.17. The summed E-state index contributed by atoms with van der Waals surface area (Å²) in [5, 5.41) is 0. The van der Waals surface area contributed by atoms with Crippen LogP contribution in [-0.4, -0.2) is 35.5 Å². The number of nitrogens with zero attached hydrogens (tertiary/aromatic N) is 2. The van der Waals surface area contributed by atoms with Crippen LogP contribution in [0.15, 0.2) is 18.3 Å². The molecule has 0 radical (unpaired) electrons. The van der Waals surface area contributed by atoms with Crippen LogP contribution in [0.2, 0.25) is 0 Å². The highest BCUT2D eigenvalue weighted by atomic mass is 32.2. The van der Waals surface area contributed by atoms with E-state index in [2.05, 4.69) is 35.3 Å². The second-order valence-corrected chi connectivity index (χ2v) is 4.58. The molecule has 0 atom stereocenters. The SMILES string of the molecule is CSCCN(C)Cc1ccnc(CN)c1. The quantitative estimate of drug-likeness (QED) is 0.793. The first-order valence-corrected chi connectivity index (χ1v) is 6.47. The maximum absolute atomic E-state index is 5.55. The average Bonchev–Trinajstić information content (AvgIpc) is 2.26. The Labute approximate surface area is 96.1 Å². The fourth-order valence-corrected chi connectivity index (χ4v) is 1.87. The summed E-state index contributed by atoms with van der Waals surface area (Å²) in [5.41, 5.74) is 7.80. The van der Waals surface area contributed by atoms with Crippen molar-refractivity contribution in [3.63, 3.8) is 0 Å². The minimum atomic E-state index is 0.516. The molecule has 0 saturated carbocycles. The van der Waals surface area contributed by atoms with Gasteiger partial charge in [-0.25, -0.2) is 0 Å². The lowest BCUT2D eigenvalue weighted by Crippen LogP contribution is -2.20. The van der Waals surface area contributed by atoms with Gasteiger partial charge in [-0.05, 0) is 31.0 Å². The number of hydrogen-bond acceptors (Lipinski definition) is 4. The molecule has 1 aromatic heterocycles. The molecular weight excluding hydrogens is 206 g/mol. The van der Waals surface area contributed by atoms with Crippen LogP contribution < -0.4 is 5.73 Å². The third-order valence-corrected chi connectivity index (χ3v) is 2.81. The molecule has 2 N–H and O–H groups in total. The lowest BCUT2D eigenvalue weighted by atomic mass is 10.2. The Morgan fingerprint density at radius 2 is 2.33 bits per heavy atom. The van der Waals surface area contributed by atoms with Gasteiger partial charge in [0.2, 0.25) is 0 Å². The highest BCUT2D eigenvalue weighted by molar-refractivity contribution is 7.98. The number of thioether (sulfide) groups is 1. The Morgan fingerprint density at radius 3 is 3.00 bits per heavy atom. The summed E-state index contributed by atoms with van der Waals surface area (Å²) in [4.78, 5) is 6.49. The number of pyridine rings is 1. The second kappa shape index (κ2) is 6.82. The van der Waals surface area contributed by atoms with Gasteiger partial charge in [0.15, 0.2) is 0 Å². The van der Waals surface area contributed by atoms with Crippen LogP contribution in [0.25, 0.3) is 0 Å². The van der Waals surface area contributed by atoms with E-state index in [4.69, 9.17) is 5.73 Å². The molecule has 84 valence electrons. The summed E-state index contributed by atoms with van der Waals surface area (Å²) in [7, 11) is 2.14. The van der Waals surface area contributed by atoms with Crippen molar-refractivity contribution in [2.24, 2.45) is 5.73 Å². The molecule has 4 heteroatoms. The highest BCUT2D eigenvalue weighted by Gasteiger charge is 2.00. The monoisotopic (exact) mass is 225 g/mol. The lowest BCUT2D eigenvalue weighted by molar-refractivity contribution is 0.348. The Balaban J connectivity index is 2.48. The first kappa shape index (κ1) is 12.5. The predicted molar refractivity (Wildman–Crippen MR) is 66.8 cm³/mol. The Kier molecular flexibility index (Phi) is 5.68. The molecule has 0 unspecified atom stereocenters. The van der Waals surface area contributed by atoms with Gasteiger partial charge in [0, 0.05) is 31.6 Å². The molecule has 0 aliphatic rings. The van der Waals surface area contributed by atoms with E-state index >= 15 is 0 Å². The number of nitrogens with two attached hydrogens (primary N) is 1. The molecule has 0 aliphatic heterocycles. The Bertz CT molecular complexity index is 291. The number of hydrogen-bond donors (Lipinski definition) is 1. The number of aromatic nitrogens is 1. The largest absolute Gasteiger partial charge is 0.325 e. The summed E-state index contributed by atoms with van der Waals surface area (Å²) < 4.78 is 0. The number of rotatable bonds is 6. The topological polar surface area (TPSA) is 42.2 Å². The normalized spacial score (nSPS) is 10.9. The molecule has 3 nitrogen and oxygen atoms in total. The van der Waals surface area contributed by atoms with E-state index in [1.54, 1.807) is 0 Å². The van der Waals surface area contributed by atoms with Gasteiger partial charge in [-0.1, -0.05) is 0 Å². The van der Waals surface area contributed by atoms with Crippen LogP contribution in [-0.2, 0) is 13.1 Å². The van der Waals surface area contributed by atoms with Gasteiger partial charge >= 0.3 is 0 Å². The van der Waals surface area contributed by atoms with E-state index in [0.717, 1.165) is 18.8 Å². The zero-order chi connectivity index (χ0) is 11.1. The van der Waals surface area contributed by atoms with Gasteiger partial charge in [0.25, 0.3) is 0 Å². The van der Waals surface area contributed by atoms with Crippen molar-refractivity contribution in [3.8, 4) is 0 Å². The van der Waals surface area contributed by atoms with Gasteiger partial charge < -0.3 is 10.6 Å². The molecule has 0 bridgehead atoms. The molecule has 1 aromatic rings. The van der Waals surface area contributed by atoms with E-state index in [-0.39, 0.29) is 0 Å². The molecule has 1 heterocycles. The van der Waals surface area contributed by atoms with Crippen LogP contribution in [0.1, 0.15) is 11.3 Å². The van der Waals surface area contributed by atoms with Crippen LogP contribution in [0, 0.1) is 0 Å². The molecule has 15 heavy (non-hydrogen) atoms. The van der Waals surface area contributed by atoms with Gasteiger partial charge in [0.05, 0.1) is 5.69 Å². The van der Waals surface area contributed by atoms with Gasteiger partial charge in [0.1, 0.15) is 0 Å². The van der Waals surface area contributed by atoms with Crippen molar-refractivity contribution in [3.05, 3.63) is 29.6 Å². The lowest BCUT2D eigenvalue weighted by Gasteiger charge is -2.16. The van der Waals surface area contributed by atoms with Crippen LogP contribution in [0.4, 0.5) is 0 Å². The van der Waals surface area contributed by atoms with Gasteiger partial charge in [-0.3, -0.25) is 4.98 Å². The third kappa shape index (κ3) is 4.64. The van der Waals surface area contributed by atoms with E-state index in [1.807, 2.05) is 18.0 Å². The Morgan fingerprint density at radius 1 is 1.53 bits per heavy atom. The summed E-state index contributed by atoms with van der Waals surface area (Å²) >= 11 is 1.87. The van der Waals surface area contributed by atoms with Crippen LogP contribution >= 0.6 is 11.8 Å². The fraction of sp³-hybridized carbons (Fsp3) is 0.545. The molecule has 0 amide bonds. The molecule has 0 aromatic carbocycles. The molecule has 1 rings (SSSR count). The molecular formula is C11H19N3S. The second-order valence-electron chi connectivity index (χ2n) is 3.59. The average molecular weight is 225 g/mol. The molecule has 0 saturated heterocycles. The van der Waals surface area contributed by atoms with Crippen molar-refractivity contribution in [1.29, 1.82) is 0 Å². The van der Waals surface area contributed by atoms with Gasteiger partial charge in [-0.15, -0.1) is 0 Å². The fourth-order valence-electron chi connectivity index (χ4n) is 1.38. The summed E-state index contributed by atoms with van der Waals surface area (Å²) in [6.45, 7) is 2.60. The highest BCUT2D eigenvalue weighted by Crippen LogP contribution is 2.05. The summed E-state index contributed by atoms with van der Waals surface area (Å²) in [6, 6.07) is 4.13. The zero-order valence-corrected chi connectivity index (χ0v) is 10.3. The van der Waals surface area contributed by atoms with Crippen LogP contribution in [0.5, 0.6) is 0 Å². The smallest absolute Gasteiger partial charge is 0.0542 e. The maximum Gasteiger partial charge on any atom is 0.0542 e.